The lowest BCUT2D eigenvalue weighted by atomic mass is 10.1. The molecular weight excluding hydrogens is 441 g/mol. The Hall–Kier alpha value is -2.48. The fourth-order valence-corrected chi connectivity index (χ4v) is 4.36. The second kappa shape index (κ2) is 8.34. The van der Waals surface area contributed by atoms with E-state index in [0.717, 1.165) is 21.5 Å². The minimum absolute atomic E-state index is 0.191. The number of halogens is 2. The van der Waals surface area contributed by atoms with Crippen molar-refractivity contribution in [2.75, 3.05) is 5.32 Å². The molecule has 6 nitrogen and oxygen atoms in total. The number of anilines is 1. The van der Waals surface area contributed by atoms with E-state index in [-0.39, 0.29) is 11.9 Å². The van der Waals surface area contributed by atoms with Crippen molar-refractivity contribution in [2.24, 2.45) is 0 Å². The van der Waals surface area contributed by atoms with E-state index in [4.69, 9.17) is 23.2 Å². The molecule has 0 saturated carbocycles. The van der Waals surface area contributed by atoms with Gasteiger partial charge in [-0.3, -0.25) is 10.1 Å². The van der Waals surface area contributed by atoms with E-state index in [1.54, 1.807) is 24.5 Å². The molecule has 4 aromatic rings. The van der Waals surface area contributed by atoms with Crippen LogP contribution in [-0.4, -0.2) is 25.7 Å². The number of rotatable bonds is 5. The van der Waals surface area contributed by atoms with Crippen LogP contribution in [0.15, 0.2) is 36.7 Å². The molecule has 9 heteroatoms. The summed E-state index contributed by atoms with van der Waals surface area (Å²) in [7, 11) is 0. The minimum atomic E-state index is -0.249. The largest absolute Gasteiger partial charge is 0.298 e. The molecule has 0 aliphatic heterocycles. The third-order valence-corrected chi connectivity index (χ3v) is 6.16. The van der Waals surface area contributed by atoms with Crippen molar-refractivity contribution in [3.63, 3.8) is 0 Å². The Kier molecular flexibility index (Phi) is 5.77. The van der Waals surface area contributed by atoms with Gasteiger partial charge in [0.15, 0.2) is 10.8 Å². The molecule has 0 unspecified atom stereocenters. The number of hydrogen-bond acceptors (Lipinski definition) is 5. The summed E-state index contributed by atoms with van der Waals surface area (Å²) in [6.45, 7) is 5.90. The number of nitrogens with one attached hydrogen (secondary N) is 1. The Bertz CT molecular complexity index is 1250. The third kappa shape index (κ3) is 4.19. The van der Waals surface area contributed by atoms with Crippen LogP contribution in [0.3, 0.4) is 0 Å². The highest BCUT2D eigenvalue weighted by molar-refractivity contribution is 7.15. The number of benzene rings is 1. The lowest BCUT2D eigenvalue weighted by molar-refractivity contribution is 0.102. The molecule has 0 bridgehead atoms. The molecule has 1 amide bonds. The quantitative estimate of drug-likeness (QED) is 0.401. The average Bonchev–Trinajstić information content (AvgIpc) is 3.30. The summed E-state index contributed by atoms with van der Waals surface area (Å²) in [6.07, 6.45) is 4.06. The summed E-state index contributed by atoms with van der Waals surface area (Å²) < 4.78 is 1.85. The lowest BCUT2D eigenvalue weighted by Crippen LogP contribution is -2.14. The van der Waals surface area contributed by atoms with Gasteiger partial charge in [0.05, 0.1) is 17.5 Å². The highest BCUT2D eigenvalue weighted by atomic mass is 35.5. The van der Waals surface area contributed by atoms with Gasteiger partial charge < -0.3 is 0 Å². The molecule has 3 aromatic heterocycles. The first-order valence-corrected chi connectivity index (χ1v) is 10.9. The molecule has 0 atom stereocenters. The van der Waals surface area contributed by atoms with Gasteiger partial charge in [0, 0.05) is 39.0 Å². The molecule has 3 heterocycles. The van der Waals surface area contributed by atoms with E-state index >= 15 is 0 Å². The molecule has 0 aliphatic rings. The normalized spacial score (nSPS) is 11.4. The van der Waals surface area contributed by atoms with Crippen LogP contribution in [0, 0.1) is 6.92 Å². The number of nitrogens with zero attached hydrogens (tertiary/aromatic N) is 4. The number of aryl methyl sites for hydroxylation is 1. The predicted octanol–water partition coefficient (Wildman–Crippen LogP) is 5.93. The lowest BCUT2D eigenvalue weighted by Gasteiger charge is -2.09. The third-order valence-electron chi connectivity index (χ3n) is 4.64. The second-order valence-corrected chi connectivity index (χ2v) is 9.17. The maximum Gasteiger partial charge on any atom is 0.259 e. The van der Waals surface area contributed by atoms with Crippen molar-refractivity contribution in [1.82, 2.24) is 19.7 Å². The van der Waals surface area contributed by atoms with Gasteiger partial charge in [-0.15, -0.1) is 11.3 Å². The van der Waals surface area contributed by atoms with Gasteiger partial charge in [-0.2, -0.15) is 5.10 Å². The molecule has 1 N–H and O–H groups in total. The van der Waals surface area contributed by atoms with Crippen LogP contribution in [0.1, 0.15) is 46.4 Å². The van der Waals surface area contributed by atoms with Gasteiger partial charge in [-0.1, -0.05) is 23.2 Å². The molecule has 0 fully saturated rings. The maximum absolute atomic E-state index is 12.8. The van der Waals surface area contributed by atoms with Crippen molar-refractivity contribution >= 4 is 56.6 Å². The van der Waals surface area contributed by atoms with Crippen molar-refractivity contribution in [1.29, 1.82) is 0 Å². The monoisotopic (exact) mass is 459 g/mol. The van der Waals surface area contributed by atoms with Crippen molar-refractivity contribution < 1.29 is 4.79 Å². The van der Waals surface area contributed by atoms with Gasteiger partial charge in [0.1, 0.15) is 0 Å². The summed E-state index contributed by atoms with van der Waals surface area (Å²) in [5.74, 6) is -0.249. The molecule has 1 aromatic carbocycles. The molecule has 0 saturated heterocycles. The van der Waals surface area contributed by atoms with Crippen LogP contribution in [0.5, 0.6) is 0 Å². The van der Waals surface area contributed by atoms with E-state index in [0.29, 0.717) is 32.9 Å². The Labute approximate surface area is 187 Å². The number of carbonyl (C=O) groups is 1. The fraction of sp³-hybridized carbons (Fsp3) is 0.238. The van der Waals surface area contributed by atoms with Gasteiger partial charge in [0.25, 0.3) is 5.91 Å². The van der Waals surface area contributed by atoms with Gasteiger partial charge >= 0.3 is 0 Å². The van der Waals surface area contributed by atoms with Gasteiger partial charge in [-0.25, -0.2) is 14.6 Å². The zero-order valence-corrected chi connectivity index (χ0v) is 18.9. The van der Waals surface area contributed by atoms with Crippen LogP contribution in [0.4, 0.5) is 5.13 Å². The molecule has 0 spiro atoms. The Balaban J connectivity index is 1.53. The zero-order valence-electron chi connectivity index (χ0n) is 16.6. The van der Waals surface area contributed by atoms with Crippen LogP contribution in [0.2, 0.25) is 10.0 Å². The molecule has 4 rings (SSSR count). The molecule has 30 heavy (non-hydrogen) atoms. The second-order valence-electron chi connectivity index (χ2n) is 7.22. The van der Waals surface area contributed by atoms with Crippen LogP contribution in [-0.2, 0) is 6.42 Å². The van der Waals surface area contributed by atoms with Crippen LogP contribution >= 0.6 is 34.5 Å². The number of aromatic nitrogens is 4. The van der Waals surface area contributed by atoms with Crippen molar-refractivity contribution in [3.8, 4) is 0 Å². The summed E-state index contributed by atoms with van der Waals surface area (Å²) in [5, 5.41) is 9.86. The highest BCUT2D eigenvalue weighted by Gasteiger charge is 2.17. The number of amides is 1. The van der Waals surface area contributed by atoms with E-state index in [1.807, 2.05) is 37.6 Å². The van der Waals surface area contributed by atoms with E-state index < -0.39 is 0 Å². The number of thiazole rings is 1. The Morgan fingerprint density at radius 2 is 2.03 bits per heavy atom. The van der Waals surface area contributed by atoms with E-state index in [9.17, 15) is 4.79 Å². The summed E-state index contributed by atoms with van der Waals surface area (Å²) >= 11 is 13.7. The zero-order chi connectivity index (χ0) is 21.4. The Morgan fingerprint density at radius 1 is 1.23 bits per heavy atom. The summed E-state index contributed by atoms with van der Waals surface area (Å²) in [5.41, 5.74) is 2.83. The van der Waals surface area contributed by atoms with E-state index in [1.165, 1.54) is 11.3 Å². The predicted molar refractivity (Wildman–Crippen MR) is 122 cm³/mol. The highest BCUT2D eigenvalue weighted by Crippen LogP contribution is 2.27. The number of carbonyl (C=O) groups excluding carboxylic acids is 1. The first-order valence-electron chi connectivity index (χ1n) is 9.36. The van der Waals surface area contributed by atoms with E-state index in [2.05, 4.69) is 20.4 Å². The number of hydrogen-bond donors (Lipinski definition) is 1. The van der Waals surface area contributed by atoms with Crippen LogP contribution < -0.4 is 5.32 Å². The number of fused-ring (bicyclic) bond motifs is 1. The molecular formula is C21H19Cl2N5OS. The first-order chi connectivity index (χ1) is 14.3. The van der Waals surface area contributed by atoms with Gasteiger partial charge in [-0.05, 0) is 50.6 Å². The Morgan fingerprint density at radius 3 is 2.80 bits per heavy atom. The summed E-state index contributed by atoms with van der Waals surface area (Å²) in [4.78, 5) is 22.7. The van der Waals surface area contributed by atoms with Crippen molar-refractivity contribution in [3.05, 3.63) is 68.4 Å². The first kappa shape index (κ1) is 20.8. The minimum Gasteiger partial charge on any atom is -0.298 e. The standard InChI is InChI=1S/C21H19Cl2N5OS/c1-11(2)28-19-14(9-25-28)8-17(12(3)26-19)20(29)27-21-24-10-16(30-21)7-13-6-15(22)4-5-18(13)23/h4-6,8-11H,7H2,1-3H3,(H,24,27,29). The molecule has 0 aliphatic carbocycles. The van der Waals surface area contributed by atoms with Gasteiger partial charge in [0.2, 0.25) is 0 Å². The smallest absolute Gasteiger partial charge is 0.259 e. The fourth-order valence-electron chi connectivity index (χ4n) is 3.15. The molecule has 0 radical (unpaired) electrons. The number of pyridine rings is 1. The average molecular weight is 460 g/mol. The summed E-state index contributed by atoms with van der Waals surface area (Å²) in [6, 6.07) is 7.37. The van der Waals surface area contributed by atoms with Crippen molar-refractivity contribution in [2.45, 2.75) is 33.2 Å². The maximum atomic E-state index is 12.8. The topological polar surface area (TPSA) is 72.7 Å². The SMILES string of the molecule is Cc1nc2c(cnn2C(C)C)cc1C(=O)Nc1ncc(Cc2cc(Cl)ccc2Cl)s1. The molecule has 154 valence electrons. The van der Waals surface area contributed by atoms with Crippen LogP contribution in [0.25, 0.3) is 11.0 Å².